The normalized spacial score (nSPS) is 11.7. The molecule has 11 heterocycles. The molecular formula is C133H91N12P. The molecule has 0 amide bonds. The van der Waals surface area contributed by atoms with E-state index < -0.39 is 0 Å². The molecule has 1 unspecified atom stereocenters. The molecule has 0 bridgehead atoms. The van der Waals surface area contributed by atoms with Crippen LogP contribution in [0.15, 0.2) is 504 Å². The predicted octanol–water partition coefficient (Wildman–Crippen LogP) is 34.1. The maximum Gasteiger partial charge on any atom is 0.140 e. The second kappa shape index (κ2) is 35.6. The number of para-hydroxylation sites is 16. The number of aromatic nitrogens is 11. The Morgan fingerprint density at radius 3 is 0.562 bits per heavy atom. The van der Waals surface area contributed by atoms with Crippen molar-refractivity contribution in [2.24, 2.45) is 0 Å². The van der Waals surface area contributed by atoms with Crippen LogP contribution < -0.4 is 0 Å². The molecule has 0 fully saturated rings. The Bertz CT molecular complexity index is 9540. The minimum Gasteiger partial charge on any atom is -0.309 e. The number of nitrogens with zero attached hydrogens (tertiary/aromatic N) is 12. The van der Waals surface area contributed by atoms with E-state index in [1.807, 2.05) is 36.4 Å². The highest BCUT2D eigenvalue weighted by atomic mass is 31.0. The zero-order valence-corrected chi connectivity index (χ0v) is 80.7. The van der Waals surface area contributed by atoms with E-state index in [2.05, 4.69) is 530 Å². The first-order chi connectivity index (χ1) is 72.8. The molecule has 0 aliphatic rings. The standard InChI is InChI=1S/C42H27N3.C31H20N4.C30H20N2.C29H19N3.CH5P/c1-7-19-37-31(13-1)32-14-2-8-20-38(32)43(37)28-25-29(44-39-21-9-3-15-33(39)34-16-4-10-22-40(34)44)27-30(26-28)45-41-23-11-5-17-35(41)36-18-6-12-24-42(36)45;1-20-13-15-28-24(17-20)22-7-2-4-9-26(22)34(28)30-11-6-12-31(33-30)35-27-10-5-3-8-23(27)25-18-21(19-32)14-16-29(25)35;1-5-16-27-23(12-1)24-13-2-6-17-28(24)31(27)21-10-9-11-22(20-21)32-29-18-7-3-14-25(29)26-15-4-8-19-30(26)32;1-5-14-24-20(10-1)21-11-2-6-15-25(21)31(24)28-18-9-19-29(30-28)32-26-16-7-3-12-22(26)23-13-4-8-17-27(23)32;1-2/h1-27H;2-18H,1H3;1-20H;1-19H;2H2,1H3/i;;;;1T. The van der Waals surface area contributed by atoms with Gasteiger partial charge in [0.2, 0.25) is 0 Å². The summed E-state index contributed by atoms with van der Waals surface area (Å²) in [5, 5.41) is 31.7. The van der Waals surface area contributed by atoms with Gasteiger partial charge in [0.15, 0.2) is 0 Å². The van der Waals surface area contributed by atoms with E-state index in [4.69, 9.17) is 11.3 Å². The smallest absolute Gasteiger partial charge is 0.140 e. The average molecular weight is 1890 g/mol. The maximum atomic E-state index is 9.45. The Kier molecular flexibility index (Phi) is 20.7. The van der Waals surface area contributed by atoms with Crippen molar-refractivity contribution in [3.05, 3.63) is 515 Å². The summed E-state index contributed by atoms with van der Waals surface area (Å²) >= 11 is 0. The van der Waals surface area contributed by atoms with Crippen LogP contribution in [0.2, 0.25) is 0 Å². The minimum atomic E-state index is 0.417. The van der Waals surface area contributed by atoms with E-state index in [1.54, 1.807) is 0 Å². The quantitative estimate of drug-likeness (QED) is 0.135. The molecule has 12 nitrogen and oxygen atoms in total. The number of nitriles is 1. The highest BCUT2D eigenvalue weighted by Crippen LogP contribution is 2.45. The summed E-state index contributed by atoms with van der Waals surface area (Å²) in [7, 11) is 2.25. The Balaban J connectivity index is 0.0000000970. The third-order valence-electron chi connectivity index (χ3n) is 29.1. The molecule has 0 radical (unpaired) electrons. The fraction of sp³-hybridized carbons (Fsp3) is 0.0150. The molecule has 31 aromatic rings. The van der Waals surface area contributed by atoms with Gasteiger partial charge in [0.05, 0.1) is 128 Å². The van der Waals surface area contributed by atoms with Crippen LogP contribution in [0, 0.1) is 18.3 Å². The van der Waals surface area contributed by atoms with Gasteiger partial charge in [-0.1, -0.05) is 328 Å². The number of pyridine rings is 2. The molecule has 1 atom stereocenters. The zero-order valence-electron chi connectivity index (χ0n) is 80.6. The molecule has 0 spiro atoms. The number of hydrogen-bond acceptors (Lipinski definition) is 3. The molecule has 688 valence electrons. The summed E-state index contributed by atoms with van der Waals surface area (Å²) in [6, 6.07) is 181. The molecule has 13 heteroatoms. The van der Waals surface area contributed by atoms with Crippen LogP contribution in [-0.4, -0.2) is 57.7 Å². The fourth-order valence-electron chi connectivity index (χ4n) is 23.0. The van der Waals surface area contributed by atoms with Crippen molar-refractivity contribution < 1.29 is 1.37 Å². The average Bonchev–Trinajstić information content (AvgIpc) is 1.56. The number of hydrogen-bond donors (Lipinski definition) is 0. The SMILES string of the molecule is Cc1ccc2c(c1)c1ccccc1n2-c1cccc(-n2c3ccccc3c3cc(C#N)ccc32)n1.[3H]CP.c1cc(-n2c3ccccc3c3ccccc32)cc(-n2c3ccccc3c3ccccc32)c1.c1cc(-n2c3ccccc3c3ccccc32)nc(-n2c3ccccc3c3ccccc32)c1.c1ccc2c(c1)c1ccccc1n2-c1cc(-n2c3ccccc3c3ccccc32)cc(-n2c3ccccc3c3ccccc32)c1. The lowest BCUT2D eigenvalue weighted by Gasteiger charge is -2.17. The molecule has 0 N–H and O–H groups in total. The highest BCUT2D eigenvalue weighted by molar-refractivity contribution is 7.15. The number of fused-ring (bicyclic) bond motifs is 27. The molecule has 0 aliphatic carbocycles. The van der Waals surface area contributed by atoms with Gasteiger partial charge in [-0.05, 0) is 195 Å². The van der Waals surface area contributed by atoms with Crippen LogP contribution in [0.4, 0.5) is 0 Å². The van der Waals surface area contributed by atoms with Crippen molar-refractivity contribution in [2.75, 3.05) is 6.64 Å². The van der Waals surface area contributed by atoms with Gasteiger partial charge in [-0.3, -0.25) is 18.3 Å². The van der Waals surface area contributed by atoms with Crippen molar-refractivity contribution >= 4 is 205 Å². The summed E-state index contributed by atoms with van der Waals surface area (Å²) in [6.45, 7) is 2.55. The molecule has 0 aliphatic heterocycles. The fourth-order valence-corrected chi connectivity index (χ4v) is 23.0. The summed E-state index contributed by atoms with van der Waals surface area (Å²) in [5.74, 6) is 3.55. The lowest BCUT2D eigenvalue weighted by Crippen LogP contribution is -2.03. The van der Waals surface area contributed by atoms with Crippen LogP contribution in [0.3, 0.4) is 0 Å². The minimum absolute atomic E-state index is 0.417. The lowest BCUT2D eigenvalue weighted by atomic mass is 10.1. The third-order valence-corrected chi connectivity index (χ3v) is 29.1. The van der Waals surface area contributed by atoms with E-state index in [-0.39, 0.29) is 0 Å². The summed E-state index contributed by atoms with van der Waals surface area (Å²) in [6.07, 6.45) is 0. The monoisotopic (exact) mass is 1890 g/mol. The van der Waals surface area contributed by atoms with E-state index in [9.17, 15) is 5.26 Å². The molecule has 31 rings (SSSR count). The molecule has 146 heavy (non-hydrogen) atoms. The second-order valence-electron chi connectivity index (χ2n) is 37.1. The number of aryl methyl sites for hydroxylation is 1. The molecule has 11 aromatic heterocycles. The van der Waals surface area contributed by atoms with E-state index in [0.29, 0.717) is 12.2 Å². The highest BCUT2D eigenvalue weighted by Gasteiger charge is 2.25. The Labute approximate surface area is 843 Å². The van der Waals surface area contributed by atoms with Crippen LogP contribution in [0.1, 0.15) is 12.5 Å². The van der Waals surface area contributed by atoms with Crippen molar-refractivity contribution in [3.8, 4) is 57.8 Å². The Morgan fingerprint density at radius 2 is 0.342 bits per heavy atom. The van der Waals surface area contributed by atoms with E-state index >= 15 is 0 Å². The van der Waals surface area contributed by atoms with Crippen molar-refractivity contribution in [1.29, 1.82) is 5.26 Å². The van der Waals surface area contributed by atoms with Gasteiger partial charge in [-0.2, -0.15) is 5.26 Å². The molecule has 0 saturated heterocycles. The van der Waals surface area contributed by atoms with Gasteiger partial charge in [-0.25, -0.2) is 9.97 Å². The van der Waals surface area contributed by atoms with Gasteiger partial charge in [0, 0.05) is 110 Å². The largest absolute Gasteiger partial charge is 0.309 e. The molecule has 0 saturated carbocycles. The first kappa shape index (κ1) is 84.9. The van der Waals surface area contributed by atoms with Crippen molar-refractivity contribution in [2.45, 2.75) is 6.92 Å². The van der Waals surface area contributed by atoms with Crippen LogP contribution in [0.5, 0.6) is 0 Å². The topological polar surface area (TPSA) is 93.9 Å². The van der Waals surface area contributed by atoms with Crippen LogP contribution in [-0.2, 0) is 0 Å². The summed E-state index contributed by atoms with van der Waals surface area (Å²) in [5.41, 5.74) is 28.8. The first-order valence-electron chi connectivity index (χ1n) is 50.0. The Morgan fingerprint density at radius 1 is 0.178 bits per heavy atom. The predicted molar refractivity (Wildman–Crippen MR) is 615 cm³/mol. The molecular weight excluding hydrogens is 1800 g/mol. The van der Waals surface area contributed by atoms with E-state index in [1.165, 1.54) is 180 Å². The van der Waals surface area contributed by atoms with Crippen molar-refractivity contribution in [1.82, 2.24) is 51.1 Å². The zero-order chi connectivity index (χ0) is 97.8. The Hall–Kier alpha value is -19.2. The van der Waals surface area contributed by atoms with Gasteiger partial charge in [-0.15, -0.1) is 9.24 Å². The van der Waals surface area contributed by atoms with Crippen LogP contribution in [0.25, 0.3) is 248 Å². The van der Waals surface area contributed by atoms with Crippen LogP contribution >= 0.6 is 9.24 Å². The molecule has 20 aromatic carbocycles. The van der Waals surface area contributed by atoms with Gasteiger partial charge < -0.3 is 22.8 Å². The van der Waals surface area contributed by atoms with Gasteiger partial charge in [0.25, 0.3) is 0 Å². The maximum absolute atomic E-state index is 9.45. The second-order valence-corrected chi connectivity index (χ2v) is 37.1. The summed E-state index contributed by atoms with van der Waals surface area (Å²) in [4.78, 5) is 10.4. The van der Waals surface area contributed by atoms with Gasteiger partial charge >= 0.3 is 0 Å². The van der Waals surface area contributed by atoms with E-state index in [0.717, 1.165) is 73.2 Å². The van der Waals surface area contributed by atoms with Gasteiger partial charge in [0.1, 0.15) is 23.3 Å². The first-order valence-corrected chi connectivity index (χ1v) is 50.1. The number of rotatable bonds is 9. The third kappa shape index (κ3) is 13.9. The lowest BCUT2D eigenvalue weighted by molar-refractivity contribution is 1.01. The van der Waals surface area contributed by atoms with Crippen molar-refractivity contribution in [3.63, 3.8) is 0 Å². The number of benzene rings is 20. The summed E-state index contributed by atoms with van der Waals surface area (Å²) < 4.78 is 27.2.